The minimum atomic E-state index is -1.34. The lowest BCUT2D eigenvalue weighted by molar-refractivity contribution is 0.0792. The van der Waals surface area contributed by atoms with Gasteiger partial charge in [-0.25, -0.2) is 0 Å². The molecule has 0 aromatic carbocycles. The number of likely N-dealkylation sites (tertiary alicyclic amines) is 1. The molecule has 1 aliphatic rings. The van der Waals surface area contributed by atoms with Crippen molar-refractivity contribution in [2.45, 2.75) is 19.2 Å². The highest BCUT2D eigenvalue weighted by molar-refractivity contribution is 6.43. The monoisotopic (exact) mass is 234 g/mol. The summed E-state index contributed by atoms with van der Waals surface area (Å²) in [6.45, 7) is 2.81. The van der Waals surface area contributed by atoms with E-state index in [1.165, 1.54) is 0 Å². The molecule has 1 aromatic rings. The van der Waals surface area contributed by atoms with E-state index < -0.39 is 7.12 Å². The van der Waals surface area contributed by atoms with E-state index in [4.69, 9.17) is 10.0 Å². The van der Waals surface area contributed by atoms with Crippen LogP contribution in [0.1, 0.15) is 22.5 Å². The molecule has 0 aliphatic carbocycles. The van der Waals surface area contributed by atoms with Gasteiger partial charge in [0.05, 0.1) is 0 Å². The van der Waals surface area contributed by atoms with Gasteiger partial charge in [-0.15, -0.1) is 0 Å². The van der Waals surface area contributed by atoms with Crippen LogP contribution >= 0.6 is 0 Å². The van der Waals surface area contributed by atoms with E-state index in [0.717, 1.165) is 5.69 Å². The third-order valence-electron chi connectivity index (χ3n) is 3.08. The largest absolute Gasteiger partial charge is 0.456 e. The molecule has 1 amide bonds. The molecule has 2 heterocycles. The molecule has 0 saturated carbocycles. The smallest absolute Gasteiger partial charge is 0.427 e. The summed E-state index contributed by atoms with van der Waals surface area (Å²) in [7, 11) is -1.34. The lowest BCUT2D eigenvalue weighted by Crippen LogP contribution is -2.30. The van der Waals surface area contributed by atoms with E-state index >= 15 is 0 Å². The maximum atomic E-state index is 12.1. The van der Waals surface area contributed by atoms with Crippen molar-refractivity contribution in [3.05, 3.63) is 29.6 Å². The molecule has 90 valence electrons. The van der Waals surface area contributed by atoms with Crippen LogP contribution in [0.25, 0.3) is 0 Å². The lowest BCUT2D eigenvalue weighted by Gasteiger charge is -2.16. The van der Waals surface area contributed by atoms with Crippen molar-refractivity contribution in [1.29, 1.82) is 0 Å². The standard InChI is InChI=1S/C11H15BN2O3/c1-8-6-9(2-4-13-8)11(15)14-5-3-10(7-14)12(16)17/h2,4,6,10,16-17H,3,5,7H2,1H3/t10-/m1/s1. The molecule has 5 nitrogen and oxygen atoms in total. The minimum Gasteiger partial charge on any atom is -0.427 e. The van der Waals surface area contributed by atoms with Gasteiger partial charge < -0.3 is 14.9 Å². The summed E-state index contributed by atoms with van der Waals surface area (Å²) in [6, 6.07) is 3.42. The Balaban J connectivity index is 2.07. The quantitative estimate of drug-likeness (QED) is 0.710. The molecule has 2 N–H and O–H groups in total. The number of hydrogen-bond acceptors (Lipinski definition) is 4. The van der Waals surface area contributed by atoms with Gasteiger partial charge in [0, 0.05) is 36.4 Å². The Morgan fingerprint density at radius 2 is 2.35 bits per heavy atom. The summed E-state index contributed by atoms with van der Waals surface area (Å²) < 4.78 is 0. The molecule has 0 radical (unpaired) electrons. The number of rotatable bonds is 2. The van der Waals surface area contributed by atoms with Crippen molar-refractivity contribution in [2.24, 2.45) is 0 Å². The average molecular weight is 234 g/mol. The Morgan fingerprint density at radius 1 is 1.59 bits per heavy atom. The van der Waals surface area contributed by atoms with Crippen molar-refractivity contribution >= 4 is 13.0 Å². The number of carbonyl (C=O) groups excluding carboxylic acids is 1. The summed E-state index contributed by atoms with van der Waals surface area (Å²) in [5.74, 6) is -0.305. The summed E-state index contributed by atoms with van der Waals surface area (Å²) in [5, 5.41) is 18.1. The number of aromatic nitrogens is 1. The fraction of sp³-hybridized carbons (Fsp3) is 0.455. The Bertz CT molecular complexity index is 425. The molecule has 2 rings (SSSR count). The van der Waals surface area contributed by atoms with Crippen LogP contribution in [0.15, 0.2) is 18.3 Å². The molecule has 1 aliphatic heterocycles. The second-order valence-corrected chi connectivity index (χ2v) is 4.40. The van der Waals surface area contributed by atoms with Crippen LogP contribution in [0.4, 0.5) is 0 Å². The zero-order valence-corrected chi connectivity index (χ0v) is 9.71. The maximum Gasteiger partial charge on any atom is 0.456 e. The Kier molecular flexibility index (Phi) is 3.45. The Hall–Kier alpha value is -1.40. The highest BCUT2D eigenvalue weighted by Crippen LogP contribution is 2.24. The van der Waals surface area contributed by atoms with Crippen LogP contribution in [0, 0.1) is 6.92 Å². The molecule has 0 spiro atoms. The van der Waals surface area contributed by atoms with Crippen molar-refractivity contribution in [1.82, 2.24) is 9.88 Å². The SMILES string of the molecule is Cc1cc(C(=O)N2CC[C@@H](B(O)O)C2)ccn1. The van der Waals surface area contributed by atoms with E-state index in [1.807, 2.05) is 6.92 Å². The summed E-state index contributed by atoms with van der Waals surface area (Å²) in [5.41, 5.74) is 1.40. The highest BCUT2D eigenvalue weighted by Gasteiger charge is 2.33. The van der Waals surface area contributed by atoms with E-state index in [1.54, 1.807) is 23.2 Å². The molecule has 6 heteroatoms. The molecular formula is C11H15BN2O3. The van der Waals surface area contributed by atoms with Crippen LogP contribution < -0.4 is 0 Å². The van der Waals surface area contributed by atoms with Gasteiger partial charge in [0.2, 0.25) is 0 Å². The van der Waals surface area contributed by atoms with Gasteiger partial charge in [-0.2, -0.15) is 0 Å². The highest BCUT2D eigenvalue weighted by atomic mass is 16.4. The van der Waals surface area contributed by atoms with Crippen LogP contribution in [0.5, 0.6) is 0 Å². The number of carbonyl (C=O) groups is 1. The van der Waals surface area contributed by atoms with Gasteiger partial charge in [-0.05, 0) is 25.5 Å². The summed E-state index contributed by atoms with van der Waals surface area (Å²) in [4.78, 5) is 17.8. The van der Waals surface area contributed by atoms with Gasteiger partial charge in [0.25, 0.3) is 5.91 Å². The van der Waals surface area contributed by atoms with Gasteiger partial charge in [0.15, 0.2) is 0 Å². The summed E-state index contributed by atoms with van der Waals surface area (Å²) >= 11 is 0. The first kappa shape index (κ1) is 12.1. The number of pyridine rings is 1. The van der Waals surface area contributed by atoms with Crippen molar-refractivity contribution < 1.29 is 14.8 Å². The minimum absolute atomic E-state index is 0.0707. The fourth-order valence-corrected chi connectivity index (χ4v) is 2.08. The second kappa shape index (κ2) is 4.85. The first-order valence-electron chi connectivity index (χ1n) is 5.66. The molecule has 1 saturated heterocycles. The predicted octanol–water partition coefficient (Wildman–Crippen LogP) is 0.0789. The van der Waals surface area contributed by atoms with Gasteiger partial charge >= 0.3 is 7.12 Å². The van der Waals surface area contributed by atoms with Crippen LogP contribution in [-0.2, 0) is 0 Å². The van der Waals surface area contributed by atoms with Gasteiger partial charge in [-0.3, -0.25) is 9.78 Å². The van der Waals surface area contributed by atoms with Crippen LogP contribution in [0.2, 0.25) is 5.82 Å². The predicted molar refractivity (Wildman–Crippen MR) is 63.4 cm³/mol. The van der Waals surface area contributed by atoms with E-state index in [9.17, 15) is 4.79 Å². The van der Waals surface area contributed by atoms with Crippen molar-refractivity contribution in [2.75, 3.05) is 13.1 Å². The third-order valence-corrected chi connectivity index (χ3v) is 3.08. The van der Waals surface area contributed by atoms with Gasteiger partial charge in [0.1, 0.15) is 0 Å². The Morgan fingerprint density at radius 3 is 2.94 bits per heavy atom. The topological polar surface area (TPSA) is 73.7 Å². The number of amides is 1. The van der Waals surface area contributed by atoms with Crippen molar-refractivity contribution in [3.8, 4) is 0 Å². The average Bonchev–Trinajstić information content (AvgIpc) is 2.77. The first-order valence-corrected chi connectivity index (χ1v) is 5.66. The fourth-order valence-electron chi connectivity index (χ4n) is 2.08. The first-order chi connectivity index (χ1) is 8.08. The zero-order valence-electron chi connectivity index (χ0n) is 9.71. The second-order valence-electron chi connectivity index (χ2n) is 4.40. The number of hydrogen-bond donors (Lipinski definition) is 2. The van der Waals surface area contributed by atoms with Crippen molar-refractivity contribution in [3.63, 3.8) is 0 Å². The van der Waals surface area contributed by atoms with Crippen LogP contribution in [0.3, 0.4) is 0 Å². The molecular weight excluding hydrogens is 219 g/mol. The number of aryl methyl sites for hydroxylation is 1. The summed E-state index contributed by atoms with van der Waals surface area (Å²) in [6.07, 6.45) is 2.24. The molecule has 0 bridgehead atoms. The third kappa shape index (κ3) is 2.65. The maximum absolute atomic E-state index is 12.1. The van der Waals surface area contributed by atoms with E-state index in [2.05, 4.69) is 4.98 Å². The molecule has 1 atom stereocenters. The Labute approximate surface area is 100 Å². The molecule has 17 heavy (non-hydrogen) atoms. The molecule has 1 fully saturated rings. The van der Waals surface area contributed by atoms with E-state index in [0.29, 0.717) is 25.1 Å². The van der Waals surface area contributed by atoms with E-state index in [-0.39, 0.29) is 11.7 Å². The van der Waals surface area contributed by atoms with Gasteiger partial charge in [-0.1, -0.05) is 0 Å². The zero-order chi connectivity index (χ0) is 12.4. The van der Waals surface area contributed by atoms with Crippen LogP contribution in [-0.4, -0.2) is 46.0 Å². The molecule has 0 unspecified atom stereocenters. The normalized spacial score (nSPS) is 19.5. The number of nitrogens with zero attached hydrogens (tertiary/aromatic N) is 2. The lowest BCUT2D eigenvalue weighted by atomic mass is 9.72. The molecule has 1 aromatic heterocycles.